The average Bonchev–Trinajstić information content (AvgIpc) is 2.06. The SMILES string of the molecule is O=C1CC(O)c2cc(O)ccc2N1. The first-order valence-corrected chi connectivity index (χ1v) is 3.97. The van der Waals surface area contributed by atoms with Crippen molar-refractivity contribution in [3.63, 3.8) is 0 Å². The highest BCUT2D eigenvalue weighted by molar-refractivity contribution is 5.94. The Bertz CT molecular complexity index is 362. The van der Waals surface area contributed by atoms with Crippen molar-refractivity contribution in [1.82, 2.24) is 0 Å². The summed E-state index contributed by atoms with van der Waals surface area (Å²) in [6.07, 6.45) is -0.757. The number of anilines is 1. The Kier molecular flexibility index (Phi) is 1.70. The number of nitrogens with one attached hydrogen (secondary N) is 1. The second-order valence-electron chi connectivity index (χ2n) is 3.04. The Balaban J connectivity index is 2.49. The first-order chi connectivity index (χ1) is 6.16. The predicted molar refractivity (Wildman–Crippen MR) is 46.3 cm³/mol. The van der Waals surface area contributed by atoms with Crippen molar-refractivity contribution in [2.24, 2.45) is 0 Å². The molecule has 0 radical (unpaired) electrons. The number of hydrogen-bond acceptors (Lipinski definition) is 3. The molecule has 1 atom stereocenters. The van der Waals surface area contributed by atoms with E-state index in [1.165, 1.54) is 12.1 Å². The molecule has 3 N–H and O–H groups in total. The number of aliphatic hydroxyl groups excluding tert-OH is 1. The summed E-state index contributed by atoms with van der Waals surface area (Å²) in [4.78, 5) is 11.0. The van der Waals surface area contributed by atoms with E-state index >= 15 is 0 Å². The zero-order valence-corrected chi connectivity index (χ0v) is 6.82. The smallest absolute Gasteiger partial charge is 0.227 e. The zero-order valence-electron chi connectivity index (χ0n) is 6.82. The lowest BCUT2D eigenvalue weighted by atomic mass is 10.00. The fourth-order valence-electron chi connectivity index (χ4n) is 1.43. The Morgan fingerprint density at radius 3 is 3.00 bits per heavy atom. The van der Waals surface area contributed by atoms with Crippen LogP contribution in [-0.2, 0) is 4.79 Å². The lowest BCUT2D eigenvalue weighted by molar-refractivity contribution is -0.118. The van der Waals surface area contributed by atoms with E-state index in [1.807, 2.05) is 0 Å². The Morgan fingerprint density at radius 1 is 1.46 bits per heavy atom. The van der Waals surface area contributed by atoms with Gasteiger partial charge in [-0.15, -0.1) is 0 Å². The minimum Gasteiger partial charge on any atom is -0.508 e. The van der Waals surface area contributed by atoms with Crippen LogP contribution >= 0.6 is 0 Å². The molecule has 68 valence electrons. The van der Waals surface area contributed by atoms with Crippen molar-refractivity contribution < 1.29 is 15.0 Å². The van der Waals surface area contributed by atoms with Crippen LogP contribution in [0.3, 0.4) is 0 Å². The third-order valence-corrected chi connectivity index (χ3v) is 2.05. The molecule has 4 nitrogen and oxygen atoms in total. The Morgan fingerprint density at radius 2 is 2.23 bits per heavy atom. The first kappa shape index (κ1) is 8.07. The van der Waals surface area contributed by atoms with Crippen LogP contribution in [-0.4, -0.2) is 16.1 Å². The maximum atomic E-state index is 11.0. The van der Waals surface area contributed by atoms with Gasteiger partial charge in [0.25, 0.3) is 0 Å². The number of aliphatic hydroxyl groups is 1. The molecule has 0 aliphatic carbocycles. The third kappa shape index (κ3) is 1.36. The minimum atomic E-state index is -0.809. The zero-order chi connectivity index (χ0) is 9.42. The van der Waals surface area contributed by atoms with Crippen LogP contribution in [0, 0.1) is 0 Å². The van der Waals surface area contributed by atoms with Crippen molar-refractivity contribution in [2.75, 3.05) is 5.32 Å². The molecule has 1 amide bonds. The fourth-order valence-corrected chi connectivity index (χ4v) is 1.43. The van der Waals surface area contributed by atoms with Gasteiger partial charge in [0.1, 0.15) is 5.75 Å². The molecular weight excluding hydrogens is 170 g/mol. The number of carbonyl (C=O) groups is 1. The summed E-state index contributed by atoms with van der Waals surface area (Å²) < 4.78 is 0. The normalized spacial score (nSPS) is 20.7. The first-order valence-electron chi connectivity index (χ1n) is 3.97. The topological polar surface area (TPSA) is 69.6 Å². The van der Waals surface area contributed by atoms with E-state index in [9.17, 15) is 9.90 Å². The van der Waals surface area contributed by atoms with Gasteiger partial charge in [-0.1, -0.05) is 0 Å². The summed E-state index contributed by atoms with van der Waals surface area (Å²) in [5, 5.41) is 21.2. The Hall–Kier alpha value is -1.55. The highest BCUT2D eigenvalue weighted by Gasteiger charge is 2.22. The van der Waals surface area contributed by atoms with E-state index in [1.54, 1.807) is 6.07 Å². The number of rotatable bonds is 0. The lowest BCUT2D eigenvalue weighted by Gasteiger charge is -2.21. The van der Waals surface area contributed by atoms with Crippen molar-refractivity contribution in [3.8, 4) is 5.75 Å². The molecule has 13 heavy (non-hydrogen) atoms. The maximum Gasteiger partial charge on any atom is 0.227 e. The van der Waals surface area contributed by atoms with E-state index in [2.05, 4.69) is 5.32 Å². The van der Waals surface area contributed by atoms with E-state index in [-0.39, 0.29) is 18.1 Å². The quantitative estimate of drug-likeness (QED) is 0.515. The number of phenols is 1. The number of phenolic OH excluding ortho intramolecular Hbond substituents is 1. The van der Waals surface area contributed by atoms with Gasteiger partial charge in [0.15, 0.2) is 0 Å². The standard InChI is InChI=1S/C9H9NO3/c11-5-1-2-7-6(3-5)8(12)4-9(13)10-7/h1-3,8,11-12H,4H2,(H,10,13). The number of hydrogen-bond donors (Lipinski definition) is 3. The Labute approximate surface area is 74.8 Å². The van der Waals surface area contributed by atoms with Crippen LogP contribution in [0.25, 0.3) is 0 Å². The number of fused-ring (bicyclic) bond motifs is 1. The molecule has 1 heterocycles. The monoisotopic (exact) mass is 179 g/mol. The minimum absolute atomic E-state index is 0.0520. The average molecular weight is 179 g/mol. The van der Waals surface area contributed by atoms with E-state index in [0.29, 0.717) is 11.3 Å². The molecule has 1 aromatic carbocycles. The molecule has 1 aromatic rings. The number of benzene rings is 1. The van der Waals surface area contributed by atoms with Gasteiger partial charge in [0, 0.05) is 11.3 Å². The summed E-state index contributed by atoms with van der Waals surface area (Å²) in [6.45, 7) is 0. The molecule has 4 heteroatoms. The molecule has 1 aliphatic heterocycles. The van der Waals surface area contributed by atoms with Gasteiger partial charge in [-0.3, -0.25) is 4.79 Å². The predicted octanol–water partition coefficient (Wildman–Crippen LogP) is 0.768. The van der Waals surface area contributed by atoms with Gasteiger partial charge >= 0.3 is 0 Å². The molecule has 0 bridgehead atoms. The van der Waals surface area contributed by atoms with Crippen LogP contribution in [0.5, 0.6) is 5.75 Å². The highest BCUT2D eigenvalue weighted by atomic mass is 16.3. The van der Waals surface area contributed by atoms with Gasteiger partial charge in [-0.25, -0.2) is 0 Å². The third-order valence-electron chi connectivity index (χ3n) is 2.05. The molecule has 2 rings (SSSR count). The van der Waals surface area contributed by atoms with Gasteiger partial charge in [-0.05, 0) is 18.2 Å². The maximum absolute atomic E-state index is 11.0. The number of amides is 1. The van der Waals surface area contributed by atoms with Gasteiger partial charge in [-0.2, -0.15) is 0 Å². The van der Waals surface area contributed by atoms with Gasteiger partial charge in [0.2, 0.25) is 5.91 Å². The molecule has 1 aliphatic rings. The molecule has 0 saturated heterocycles. The van der Waals surface area contributed by atoms with Crippen LogP contribution in [0.15, 0.2) is 18.2 Å². The fraction of sp³-hybridized carbons (Fsp3) is 0.222. The van der Waals surface area contributed by atoms with E-state index in [0.717, 1.165) is 0 Å². The van der Waals surface area contributed by atoms with Crippen molar-refractivity contribution in [2.45, 2.75) is 12.5 Å². The number of carbonyl (C=O) groups excluding carboxylic acids is 1. The van der Waals surface area contributed by atoms with E-state index < -0.39 is 6.10 Å². The summed E-state index contributed by atoms with van der Waals surface area (Å²) in [6, 6.07) is 4.50. The van der Waals surface area contributed by atoms with Gasteiger partial charge in [0.05, 0.1) is 12.5 Å². The van der Waals surface area contributed by atoms with Crippen LogP contribution in [0.2, 0.25) is 0 Å². The molecule has 0 fully saturated rings. The molecule has 1 unspecified atom stereocenters. The van der Waals surface area contributed by atoms with Crippen LogP contribution < -0.4 is 5.32 Å². The molecular formula is C9H9NO3. The second-order valence-corrected chi connectivity index (χ2v) is 3.04. The summed E-state index contributed by atoms with van der Waals surface area (Å²) >= 11 is 0. The summed E-state index contributed by atoms with van der Waals surface area (Å²) in [5.41, 5.74) is 1.14. The second kappa shape index (κ2) is 2.74. The van der Waals surface area contributed by atoms with Crippen molar-refractivity contribution >= 4 is 11.6 Å². The molecule has 0 saturated carbocycles. The highest BCUT2D eigenvalue weighted by Crippen LogP contribution is 2.32. The van der Waals surface area contributed by atoms with Crippen molar-refractivity contribution in [3.05, 3.63) is 23.8 Å². The largest absolute Gasteiger partial charge is 0.508 e. The van der Waals surface area contributed by atoms with E-state index in [4.69, 9.17) is 5.11 Å². The van der Waals surface area contributed by atoms with Crippen LogP contribution in [0.1, 0.15) is 18.1 Å². The lowest BCUT2D eigenvalue weighted by Crippen LogP contribution is -2.22. The van der Waals surface area contributed by atoms with Crippen LogP contribution in [0.4, 0.5) is 5.69 Å². The molecule has 0 aromatic heterocycles. The van der Waals surface area contributed by atoms with Crippen molar-refractivity contribution in [1.29, 1.82) is 0 Å². The summed E-state index contributed by atoms with van der Waals surface area (Å²) in [7, 11) is 0. The summed E-state index contributed by atoms with van der Waals surface area (Å²) in [5.74, 6) is -0.111. The van der Waals surface area contributed by atoms with Gasteiger partial charge < -0.3 is 15.5 Å². The number of aromatic hydroxyl groups is 1. The molecule has 0 spiro atoms.